The van der Waals surface area contributed by atoms with Crippen LogP contribution in [0, 0.1) is 11.7 Å². The molecule has 128 valence electrons. The van der Waals surface area contributed by atoms with Gasteiger partial charge in [-0.2, -0.15) is 17.0 Å². The molecule has 0 aliphatic carbocycles. The van der Waals surface area contributed by atoms with E-state index in [1.807, 2.05) is 0 Å². The molecule has 0 bridgehead atoms. The number of halogens is 2. The number of carboxylic acids is 1. The number of nitrogens with zero attached hydrogens (tertiary/aromatic N) is 2. The third-order valence-electron chi connectivity index (χ3n) is 3.90. The lowest BCUT2D eigenvalue weighted by Gasteiger charge is -2.33. The SMILES string of the molecule is CN(Cc1c(F)cccc1Cl)S(=O)(=O)N1CCCC(C(=O)O)C1. The Hall–Kier alpha value is -1.22. The first-order valence-electron chi connectivity index (χ1n) is 7.10. The Labute approximate surface area is 139 Å². The average Bonchev–Trinajstić information content (AvgIpc) is 2.51. The van der Waals surface area contributed by atoms with Crippen molar-refractivity contribution in [3.05, 3.63) is 34.6 Å². The van der Waals surface area contributed by atoms with Crippen molar-refractivity contribution in [3.63, 3.8) is 0 Å². The van der Waals surface area contributed by atoms with Crippen LogP contribution in [0.25, 0.3) is 0 Å². The zero-order valence-corrected chi connectivity index (χ0v) is 14.1. The minimum Gasteiger partial charge on any atom is -0.481 e. The summed E-state index contributed by atoms with van der Waals surface area (Å²) < 4.78 is 41.1. The summed E-state index contributed by atoms with van der Waals surface area (Å²) in [6.45, 7) is -0.0451. The van der Waals surface area contributed by atoms with Gasteiger partial charge in [0.2, 0.25) is 0 Å². The van der Waals surface area contributed by atoms with Gasteiger partial charge < -0.3 is 5.11 Å². The number of carboxylic acid groups (broad SMARTS) is 1. The quantitative estimate of drug-likeness (QED) is 0.866. The molecule has 1 heterocycles. The lowest BCUT2D eigenvalue weighted by Crippen LogP contribution is -2.47. The summed E-state index contributed by atoms with van der Waals surface area (Å²) in [5, 5.41) is 9.21. The second-order valence-corrected chi connectivity index (χ2v) is 7.94. The zero-order valence-electron chi connectivity index (χ0n) is 12.6. The fourth-order valence-corrected chi connectivity index (χ4v) is 4.18. The smallest absolute Gasteiger partial charge is 0.307 e. The Kier molecular flexibility index (Phi) is 5.61. The molecule has 1 unspecified atom stereocenters. The molecular weight excluding hydrogens is 347 g/mol. The summed E-state index contributed by atoms with van der Waals surface area (Å²) in [6, 6.07) is 4.14. The van der Waals surface area contributed by atoms with E-state index in [1.54, 1.807) is 0 Å². The van der Waals surface area contributed by atoms with Crippen LogP contribution in [0.15, 0.2) is 18.2 Å². The normalized spacial score (nSPS) is 19.9. The highest BCUT2D eigenvalue weighted by molar-refractivity contribution is 7.86. The van der Waals surface area contributed by atoms with Crippen molar-refractivity contribution in [2.24, 2.45) is 5.92 Å². The molecule has 2 rings (SSSR count). The third kappa shape index (κ3) is 4.00. The van der Waals surface area contributed by atoms with Crippen molar-refractivity contribution >= 4 is 27.8 Å². The summed E-state index contributed by atoms with van der Waals surface area (Å²) in [6.07, 6.45) is 0.925. The third-order valence-corrected chi connectivity index (χ3v) is 6.15. The molecule has 1 aliphatic heterocycles. The molecule has 1 saturated heterocycles. The molecule has 9 heteroatoms. The Morgan fingerprint density at radius 1 is 1.52 bits per heavy atom. The predicted molar refractivity (Wildman–Crippen MR) is 83.7 cm³/mol. The second kappa shape index (κ2) is 7.12. The molecular formula is C14H18ClFN2O4S. The molecule has 0 aromatic heterocycles. The Morgan fingerprint density at radius 3 is 2.83 bits per heavy atom. The summed E-state index contributed by atoms with van der Waals surface area (Å²) in [5.74, 6) is -2.31. The molecule has 1 aromatic rings. The van der Waals surface area contributed by atoms with Gasteiger partial charge in [0.15, 0.2) is 0 Å². The average molecular weight is 365 g/mol. The van der Waals surface area contributed by atoms with Gasteiger partial charge in [-0.25, -0.2) is 4.39 Å². The zero-order chi connectivity index (χ0) is 17.2. The van der Waals surface area contributed by atoms with E-state index in [-0.39, 0.29) is 30.2 Å². The van der Waals surface area contributed by atoms with Gasteiger partial charge in [-0.05, 0) is 25.0 Å². The minimum absolute atomic E-state index is 0.0764. The van der Waals surface area contributed by atoms with Crippen molar-refractivity contribution < 1.29 is 22.7 Å². The number of piperidine rings is 1. The summed E-state index contributed by atoms with van der Waals surface area (Å²) >= 11 is 5.92. The standard InChI is InChI=1S/C14H18ClFN2O4S/c1-17(9-11-12(15)5-2-6-13(11)16)23(21,22)18-7-3-4-10(8-18)14(19)20/h2,5-6,10H,3-4,7-9H2,1H3,(H,19,20). The van der Waals surface area contributed by atoms with Crippen LogP contribution >= 0.6 is 11.6 Å². The molecule has 1 aromatic carbocycles. The van der Waals surface area contributed by atoms with Crippen LogP contribution in [0.5, 0.6) is 0 Å². The van der Waals surface area contributed by atoms with E-state index in [0.717, 1.165) is 8.61 Å². The molecule has 0 spiro atoms. The van der Waals surface area contributed by atoms with Crippen molar-refractivity contribution in [1.29, 1.82) is 0 Å². The maximum atomic E-state index is 13.8. The molecule has 1 aliphatic rings. The van der Waals surface area contributed by atoms with E-state index >= 15 is 0 Å². The van der Waals surface area contributed by atoms with Gasteiger partial charge in [0, 0.05) is 37.3 Å². The summed E-state index contributed by atoms with van der Waals surface area (Å²) in [7, 11) is -2.56. The van der Waals surface area contributed by atoms with Gasteiger partial charge in [0.25, 0.3) is 10.2 Å². The highest BCUT2D eigenvalue weighted by atomic mass is 35.5. The molecule has 0 saturated carbocycles. The van der Waals surface area contributed by atoms with Crippen LogP contribution in [0.1, 0.15) is 18.4 Å². The van der Waals surface area contributed by atoms with E-state index < -0.39 is 27.9 Å². The van der Waals surface area contributed by atoms with E-state index in [2.05, 4.69) is 0 Å². The molecule has 6 nitrogen and oxygen atoms in total. The Bertz CT molecular complexity index is 678. The van der Waals surface area contributed by atoms with Gasteiger partial charge in [-0.3, -0.25) is 4.79 Å². The van der Waals surface area contributed by atoms with Crippen LogP contribution in [-0.4, -0.2) is 48.2 Å². The van der Waals surface area contributed by atoms with Crippen molar-refractivity contribution in [2.75, 3.05) is 20.1 Å². The van der Waals surface area contributed by atoms with Gasteiger partial charge in [0.1, 0.15) is 5.82 Å². The number of benzene rings is 1. The first-order valence-corrected chi connectivity index (χ1v) is 8.88. The fraction of sp³-hybridized carbons (Fsp3) is 0.500. The number of carbonyl (C=O) groups is 1. The van der Waals surface area contributed by atoms with Crippen LogP contribution in [-0.2, 0) is 21.5 Å². The topological polar surface area (TPSA) is 77.9 Å². The molecule has 23 heavy (non-hydrogen) atoms. The van der Waals surface area contributed by atoms with Crippen molar-refractivity contribution in [1.82, 2.24) is 8.61 Å². The van der Waals surface area contributed by atoms with Crippen molar-refractivity contribution in [2.45, 2.75) is 19.4 Å². The van der Waals surface area contributed by atoms with Gasteiger partial charge >= 0.3 is 5.97 Å². The van der Waals surface area contributed by atoms with E-state index in [4.69, 9.17) is 16.7 Å². The van der Waals surface area contributed by atoms with E-state index in [1.165, 1.54) is 25.2 Å². The first kappa shape index (κ1) is 18.1. The molecule has 1 atom stereocenters. The van der Waals surface area contributed by atoms with E-state index in [0.29, 0.717) is 12.8 Å². The first-order chi connectivity index (χ1) is 10.7. The molecule has 0 radical (unpaired) electrons. The highest BCUT2D eigenvalue weighted by Gasteiger charge is 2.34. The van der Waals surface area contributed by atoms with Crippen LogP contribution in [0.3, 0.4) is 0 Å². The molecule has 0 amide bonds. The van der Waals surface area contributed by atoms with Crippen molar-refractivity contribution in [3.8, 4) is 0 Å². The van der Waals surface area contributed by atoms with Gasteiger partial charge in [0.05, 0.1) is 5.92 Å². The number of hydrogen-bond donors (Lipinski definition) is 1. The maximum Gasteiger partial charge on any atom is 0.307 e. The Balaban J connectivity index is 2.17. The molecule has 1 N–H and O–H groups in total. The van der Waals surface area contributed by atoms with Crippen LogP contribution < -0.4 is 0 Å². The monoisotopic (exact) mass is 364 g/mol. The lowest BCUT2D eigenvalue weighted by molar-refractivity contribution is -0.142. The number of aliphatic carboxylic acids is 1. The van der Waals surface area contributed by atoms with E-state index in [9.17, 15) is 17.6 Å². The lowest BCUT2D eigenvalue weighted by atomic mass is 10.0. The van der Waals surface area contributed by atoms with Gasteiger partial charge in [-0.15, -0.1) is 0 Å². The number of rotatable bonds is 5. The highest BCUT2D eigenvalue weighted by Crippen LogP contribution is 2.24. The second-order valence-electron chi connectivity index (χ2n) is 5.50. The van der Waals surface area contributed by atoms with Crippen LogP contribution in [0.4, 0.5) is 4.39 Å². The Morgan fingerprint density at radius 2 is 2.22 bits per heavy atom. The predicted octanol–water partition coefficient (Wildman–Crippen LogP) is 1.95. The van der Waals surface area contributed by atoms with Gasteiger partial charge in [-0.1, -0.05) is 17.7 Å². The maximum absolute atomic E-state index is 13.8. The molecule has 1 fully saturated rings. The minimum atomic E-state index is -3.88. The largest absolute Gasteiger partial charge is 0.481 e. The summed E-state index contributed by atoms with van der Waals surface area (Å²) in [5.41, 5.74) is 0.0898. The fourth-order valence-electron chi connectivity index (χ4n) is 2.54. The van der Waals surface area contributed by atoms with Crippen LogP contribution in [0.2, 0.25) is 5.02 Å². The summed E-state index contributed by atoms with van der Waals surface area (Å²) in [4.78, 5) is 11.1. The number of hydrogen-bond acceptors (Lipinski definition) is 3.